The molecule has 0 atom stereocenters. The molecule has 0 aliphatic rings. The summed E-state index contributed by atoms with van der Waals surface area (Å²) < 4.78 is 1.41. The predicted octanol–water partition coefficient (Wildman–Crippen LogP) is 0.180. The Kier molecular flexibility index (Phi) is 2.59. The van der Waals surface area contributed by atoms with E-state index in [0.717, 1.165) is 0 Å². The van der Waals surface area contributed by atoms with E-state index < -0.39 is 11.8 Å². The van der Waals surface area contributed by atoms with Crippen LogP contribution in [0, 0.1) is 0 Å². The van der Waals surface area contributed by atoms with Gasteiger partial charge in [0.25, 0.3) is 0 Å². The van der Waals surface area contributed by atoms with Crippen molar-refractivity contribution in [2.45, 2.75) is 6.42 Å². The number of hydrogen-bond donors (Lipinski definition) is 1. The van der Waals surface area contributed by atoms with Gasteiger partial charge in [0.05, 0.1) is 6.20 Å². The normalized spacial score (nSPS) is 9.54. The van der Waals surface area contributed by atoms with Crippen LogP contribution in [-0.2, 0) is 16.0 Å². The lowest BCUT2D eigenvalue weighted by Crippen LogP contribution is -2.14. The van der Waals surface area contributed by atoms with Crippen LogP contribution < -0.4 is 0 Å². The Morgan fingerprint density at radius 2 is 2.38 bits per heavy atom. The molecule has 5 nitrogen and oxygen atoms in total. The molecule has 1 N–H and O–H groups in total. The molecule has 0 aliphatic heterocycles. The minimum absolute atomic E-state index is 0.136. The zero-order valence-corrected chi connectivity index (χ0v) is 6.80. The van der Waals surface area contributed by atoms with Crippen LogP contribution in [0.1, 0.15) is 5.56 Å². The average molecular weight is 180 g/mol. The summed E-state index contributed by atoms with van der Waals surface area (Å²) in [5.74, 6) is -2.27. The summed E-state index contributed by atoms with van der Waals surface area (Å²) in [5.41, 5.74) is 0.562. The van der Waals surface area contributed by atoms with Crippen molar-refractivity contribution < 1.29 is 14.7 Å². The Hall–Kier alpha value is -1.91. The van der Waals surface area contributed by atoms with E-state index in [4.69, 9.17) is 5.11 Å². The minimum atomic E-state index is -1.42. The number of rotatable bonds is 4. The average Bonchev–Trinajstić information content (AvgIpc) is 2.52. The lowest BCUT2D eigenvalue weighted by atomic mass is 10.2. The molecule has 0 saturated heterocycles. The lowest BCUT2D eigenvalue weighted by molar-refractivity contribution is -0.148. The summed E-state index contributed by atoms with van der Waals surface area (Å²) in [6.45, 7) is 3.46. The highest BCUT2D eigenvalue weighted by Crippen LogP contribution is 1.99. The van der Waals surface area contributed by atoms with Crippen LogP contribution in [0.5, 0.6) is 0 Å². The van der Waals surface area contributed by atoms with Crippen LogP contribution in [0.25, 0.3) is 6.20 Å². The number of aromatic nitrogens is 2. The van der Waals surface area contributed by atoms with Gasteiger partial charge in [0, 0.05) is 18.8 Å². The molecular weight excluding hydrogens is 172 g/mol. The number of carboxylic acid groups (broad SMARTS) is 1. The van der Waals surface area contributed by atoms with Gasteiger partial charge in [0.1, 0.15) is 0 Å². The third kappa shape index (κ3) is 2.26. The molecule has 5 heteroatoms. The fraction of sp³-hybridized carbons (Fsp3) is 0.125. The highest BCUT2D eigenvalue weighted by Gasteiger charge is 2.12. The van der Waals surface area contributed by atoms with Crippen LogP contribution in [0.2, 0.25) is 0 Å². The molecule has 0 unspecified atom stereocenters. The molecule has 0 amide bonds. The van der Waals surface area contributed by atoms with Crippen molar-refractivity contribution in [3.8, 4) is 0 Å². The second-order valence-electron chi connectivity index (χ2n) is 2.42. The first-order valence-corrected chi connectivity index (χ1v) is 3.55. The first kappa shape index (κ1) is 9.18. The molecule has 1 rings (SSSR count). The third-order valence-corrected chi connectivity index (χ3v) is 1.45. The van der Waals surface area contributed by atoms with Crippen molar-refractivity contribution in [3.63, 3.8) is 0 Å². The second kappa shape index (κ2) is 3.66. The second-order valence-corrected chi connectivity index (χ2v) is 2.42. The largest absolute Gasteiger partial charge is 0.475 e. The smallest absolute Gasteiger partial charge is 0.372 e. The van der Waals surface area contributed by atoms with Gasteiger partial charge < -0.3 is 5.11 Å². The zero-order valence-electron chi connectivity index (χ0n) is 6.80. The van der Waals surface area contributed by atoms with Gasteiger partial charge in [-0.2, -0.15) is 5.10 Å². The van der Waals surface area contributed by atoms with Crippen molar-refractivity contribution in [2.75, 3.05) is 0 Å². The van der Waals surface area contributed by atoms with Gasteiger partial charge in [0.2, 0.25) is 5.78 Å². The van der Waals surface area contributed by atoms with Gasteiger partial charge in [-0.3, -0.25) is 4.79 Å². The standard InChI is InChI=1S/C8H8N2O3/c1-2-10-5-6(4-9-10)3-7(11)8(12)13/h2,4-5H,1,3H2,(H,12,13). The number of carboxylic acids is 1. The first-order valence-electron chi connectivity index (χ1n) is 3.55. The highest BCUT2D eigenvalue weighted by molar-refractivity contribution is 6.33. The number of hydrogen-bond acceptors (Lipinski definition) is 3. The molecule has 1 aromatic rings. The monoisotopic (exact) mass is 180 g/mol. The third-order valence-electron chi connectivity index (χ3n) is 1.45. The van der Waals surface area contributed by atoms with Gasteiger partial charge in [-0.1, -0.05) is 6.58 Å². The van der Waals surface area contributed by atoms with Gasteiger partial charge >= 0.3 is 5.97 Å². The number of nitrogens with zero attached hydrogens (tertiary/aromatic N) is 2. The van der Waals surface area contributed by atoms with Crippen molar-refractivity contribution in [1.29, 1.82) is 0 Å². The Morgan fingerprint density at radius 3 is 2.85 bits per heavy atom. The Bertz CT molecular complexity index is 354. The molecule has 0 bridgehead atoms. The van der Waals surface area contributed by atoms with E-state index in [0.29, 0.717) is 5.56 Å². The van der Waals surface area contributed by atoms with Crippen LogP contribution >= 0.6 is 0 Å². The number of carbonyl (C=O) groups excluding carboxylic acids is 1. The highest BCUT2D eigenvalue weighted by atomic mass is 16.4. The summed E-state index contributed by atoms with van der Waals surface area (Å²) >= 11 is 0. The van der Waals surface area contributed by atoms with Gasteiger partial charge in [-0.25, -0.2) is 9.48 Å². The van der Waals surface area contributed by atoms with E-state index in [2.05, 4.69) is 11.7 Å². The topological polar surface area (TPSA) is 72.2 Å². The summed E-state index contributed by atoms with van der Waals surface area (Å²) in [6, 6.07) is 0. The maximum atomic E-state index is 10.7. The molecular formula is C8H8N2O3. The Labute approximate surface area is 74.3 Å². The molecule has 0 radical (unpaired) electrons. The number of carbonyl (C=O) groups is 2. The fourth-order valence-corrected chi connectivity index (χ4v) is 0.830. The van der Waals surface area contributed by atoms with Crippen molar-refractivity contribution >= 4 is 18.0 Å². The molecule has 13 heavy (non-hydrogen) atoms. The van der Waals surface area contributed by atoms with E-state index in [1.807, 2.05) is 0 Å². The quantitative estimate of drug-likeness (QED) is 0.671. The maximum Gasteiger partial charge on any atom is 0.372 e. The van der Waals surface area contributed by atoms with Crippen LogP contribution in [0.15, 0.2) is 19.0 Å². The van der Waals surface area contributed by atoms with Gasteiger partial charge in [-0.15, -0.1) is 0 Å². The first-order chi connectivity index (χ1) is 6.13. The van der Waals surface area contributed by atoms with Gasteiger partial charge in [0.15, 0.2) is 0 Å². The molecule has 0 spiro atoms. The summed E-state index contributed by atoms with van der Waals surface area (Å²) in [4.78, 5) is 20.9. The lowest BCUT2D eigenvalue weighted by Gasteiger charge is -1.89. The van der Waals surface area contributed by atoms with Crippen molar-refractivity contribution in [1.82, 2.24) is 9.78 Å². The molecule has 0 aliphatic carbocycles. The van der Waals surface area contributed by atoms with Crippen LogP contribution in [0.4, 0.5) is 0 Å². The summed E-state index contributed by atoms with van der Waals surface area (Å²) in [7, 11) is 0. The van der Waals surface area contributed by atoms with Crippen LogP contribution in [-0.4, -0.2) is 26.6 Å². The SMILES string of the molecule is C=Cn1cc(CC(=O)C(=O)O)cn1. The Morgan fingerprint density at radius 1 is 1.69 bits per heavy atom. The molecule has 0 saturated carbocycles. The summed E-state index contributed by atoms with van der Waals surface area (Å²) in [6.07, 6.45) is 4.30. The van der Waals surface area contributed by atoms with Gasteiger partial charge in [-0.05, 0) is 5.56 Å². The van der Waals surface area contributed by atoms with E-state index in [1.165, 1.54) is 17.1 Å². The molecule has 68 valence electrons. The molecule has 1 aromatic heterocycles. The number of ketones is 1. The van der Waals surface area contributed by atoms with Crippen LogP contribution in [0.3, 0.4) is 0 Å². The van der Waals surface area contributed by atoms with E-state index >= 15 is 0 Å². The fourth-order valence-electron chi connectivity index (χ4n) is 0.830. The van der Waals surface area contributed by atoms with E-state index in [-0.39, 0.29) is 6.42 Å². The predicted molar refractivity (Wildman–Crippen MR) is 45.0 cm³/mol. The number of aliphatic carboxylic acids is 1. The molecule has 0 fully saturated rings. The van der Waals surface area contributed by atoms with E-state index in [9.17, 15) is 9.59 Å². The summed E-state index contributed by atoms with van der Waals surface area (Å²) in [5, 5.41) is 12.1. The molecule has 0 aromatic carbocycles. The zero-order chi connectivity index (χ0) is 9.84. The molecule has 1 heterocycles. The van der Waals surface area contributed by atoms with Crippen molar-refractivity contribution in [3.05, 3.63) is 24.5 Å². The minimum Gasteiger partial charge on any atom is -0.475 e. The maximum absolute atomic E-state index is 10.7. The van der Waals surface area contributed by atoms with E-state index in [1.54, 1.807) is 6.20 Å². The Balaban J connectivity index is 2.69. The number of Topliss-reactive ketones (excluding diaryl/α,β-unsaturated/α-hetero) is 1. The van der Waals surface area contributed by atoms with Crippen molar-refractivity contribution in [2.24, 2.45) is 0 Å².